The first-order valence-corrected chi connectivity index (χ1v) is 13.1. The Balaban J connectivity index is 1.08. The predicted octanol–water partition coefficient (Wildman–Crippen LogP) is 5.43. The molecule has 0 unspecified atom stereocenters. The van der Waals surface area contributed by atoms with Gasteiger partial charge in [0.15, 0.2) is 0 Å². The SMILES string of the molecule is O=C(NCc1cccc(CN2CCc3ccccc3C2)c1)C1CCN(Cc2ccccc2Cl)CC1. The van der Waals surface area contributed by atoms with Gasteiger partial charge in [-0.3, -0.25) is 14.6 Å². The van der Waals surface area contributed by atoms with Crippen LogP contribution in [0.2, 0.25) is 5.02 Å². The van der Waals surface area contributed by atoms with Crippen molar-refractivity contribution in [2.45, 2.75) is 45.4 Å². The molecule has 1 fully saturated rings. The molecular weight excluding hydrogens is 454 g/mol. The Kier molecular flexibility index (Phi) is 7.82. The molecule has 1 N–H and O–H groups in total. The minimum absolute atomic E-state index is 0.0918. The number of carbonyl (C=O) groups excluding carboxylic acids is 1. The summed E-state index contributed by atoms with van der Waals surface area (Å²) in [4.78, 5) is 17.8. The van der Waals surface area contributed by atoms with E-state index in [4.69, 9.17) is 11.6 Å². The number of halogens is 1. The van der Waals surface area contributed by atoms with Crippen LogP contribution in [-0.2, 0) is 37.4 Å². The summed E-state index contributed by atoms with van der Waals surface area (Å²) in [5, 5.41) is 4.01. The van der Waals surface area contributed by atoms with Crippen LogP contribution in [0, 0.1) is 5.92 Å². The molecule has 3 aromatic carbocycles. The number of likely N-dealkylation sites (tertiary alicyclic amines) is 1. The van der Waals surface area contributed by atoms with Crippen molar-refractivity contribution in [2.24, 2.45) is 5.92 Å². The van der Waals surface area contributed by atoms with Gasteiger partial charge in [-0.15, -0.1) is 0 Å². The molecule has 1 amide bonds. The number of fused-ring (bicyclic) bond motifs is 1. The second kappa shape index (κ2) is 11.4. The molecule has 0 atom stereocenters. The van der Waals surface area contributed by atoms with Crippen LogP contribution in [0.3, 0.4) is 0 Å². The van der Waals surface area contributed by atoms with Gasteiger partial charge in [-0.1, -0.05) is 78.3 Å². The zero-order chi connectivity index (χ0) is 24.0. The fraction of sp³-hybridized carbons (Fsp3) is 0.367. The molecule has 182 valence electrons. The Morgan fingerprint density at radius 1 is 0.829 bits per heavy atom. The molecule has 0 bridgehead atoms. The van der Waals surface area contributed by atoms with Gasteiger partial charge in [0, 0.05) is 43.7 Å². The maximum Gasteiger partial charge on any atom is 0.223 e. The van der Waals surface area contributed by atoms with E-state index in [2.05, 4.69) is 69.7 Å². The van der Waals surface area contributed by atoms with Gasteiger partial charge in [-0.2, -0.15) is 0 Å². The Morgan fingerprint density at radius 3 is 2.40 bits per heavy atom. The standard InChI is InChI=1S/C30H34ClN3O/c31-29-11-4-3-10-28(29)22-33-15-13-26(14-16-33)30(35)32-19-23-6-5-7-24(18-23)20-34-17-12-25-8-1-2-9-27(25)21-34/h1-11,18,26H,12-17,19-22H2,(H,32,35). The maximum atomic E-state index is 12.9. The largest absolute Gasteiger partial charge is 0.352 e. The van der Waals surface area contributed by atoms with Crippen molar-refractivity contribution < 1.29 is 4.79 Å². The number of hydrogen-bond donors (Lipinski definition) is 1. The Hall–Kier alpha value is -2.66. The van der Waals surface area contributed by atoms with Crippen molar-refractivity contribution >= 4 is 17.5 Å². The molecule has 4 nitrogen and oxygen atoms in total. The lowest BCUT2D eigenvalue weighted by Gasteiger charge is -2.31. The fourth-order valence-electron chi connectivity index (χ4n) is 5.34. The maximum absolute atomic E-state index is 12.9. The molecule has 2 heterocycles. The van der Waals surface area contributed by atoms with Gasteiger partial charge < -0.3 is 5.32 Å². The molecule has 1 saturated heterocycles. The number of rotatable bonds is 7. The molecule has 0 aliphatic carbocycles. The predicted molar refractivity (Wildman–Crippen MR) is 142 cm³/mol. The topological polar surface area (TPSA) is 35.6 Å². The third-order valence-electron chi connectivity index (χ3n) is 7.38. The van der Waals surface area contributed by atoms with Gasteiger partial charge in [0.1, 0.15) is 0 Å². The van der Waals surface area contributed by atoms with Gasteiger partial charge >= 0.3 is 0 Å². The van der Waals surface area contributed by atoms with Crippen molar-refractivity contribution in [3.8, 4) is 0 Å². The molecule has 0 aromatic heterocycles. The van der Waals surface area contributed by atoms with Gasteiger partial charge in [-0.25, -0.2) is 0 Å². The summed E-state index contributed by atoms with van der Waals surface area (Å²) in [6.45, 7) is 6.34. The average molecular weight is 488 g/mol. The summed E-state index contributed by atoms with van der Waals surface area (Å²) in [5.41, 5.74) is 6.56. The highest BCUT2D eigenvalue weighted by Gasteiger charge is 2.25. The molecule has 0 radical (unpaired) electrons. The van der Waals surface area contributed by atoms with Crippen LogP contribution in [-0.4, -0.2) is 35.3 Å². The van der Waals surface area contributed by atoms with E-state index in [-0.39, 0.29) is 11.8 Å². The summed E-state index contributed by atoms with van der Waals surface area (Å²) in [6.07, 6.45) is 2.91. The molecule has 35 heavy (non-hydrogen) atoms. The van der Waals surface area contributed by atoms with Crippen molar-refractivity contribution in [3.63, 3.8) is 0 Å². The number of nitrogens with one attached hydrogen (secondary N) is 1. The fourth-order valence-corrected chi connectivity index (χ4v) is 5.54. The van der Waals surface area contributed by atoms with E-state index < -0.39 is 0 Å². The smallest absolute Gasteiger partial charge is 0.223 e. The molecular formula is C30H34ClN3O. The number of nitrogens with zero attached hydrogens (tertiary/aromatic N) is 2. The molecule has 2 aliphatic heterocycles. The summed E-state index contributed by atoms with van der Waals surface area (Å²) < 4.78 is 0. The van der Waals surface area contributed by atoms with E-state index in [1.807, 2.05) is 18.2 Å². The van der Waals surface area contributed by atoms with Gasteiger partial charge in [-0.05, 0) is 66.2 Å². The van der Waals surface area contributed by atoms with Crippen LogP contribution in [0.4, 0.5) is 0 Å². The molecule has 5 rings (SSSR count). The van der Waals surface area contributed by atoms with Gasteiger partial charge in [0.2, 0.25) is 5.91 Å². The Bertz CT molecular complexity index is 1160. The molecule has 2 aliphatic rings. The van der Waals surface area contributed by atoms with E-state index in [0.717, 1.165) is 69.1 Å². The third kappa shape index (κ3) is 6.32. The Morgan fingerprint density at radius 2 is 1.57 bits per heavy atom. The highest BCUT2D eigenvalue weighted by atomic mass is 35.5. The lowest BCUT2D eigenvalue weighted by molar-refractivity contribution is -0.126. The second-order valence-electron chi connectivity index (χ2n) is 9.91. The summed E-state index contributed by atoms with van der Waals surface area (Å²) >= 11 is 6.31. The number of benzene rings is 3. The Labute approximate surface area is 213 Å². The quantitative estimate of drug-likeness (QED) is 0.483. The van der Waals surface area contributed by atoms with Crippen molar-refractivity contribution in [3.05, 3.63) is 106 Å². The lowest BCUT2D eigenvalue weighted by atomic mass is 9.95. The minimum atomic E-state index is 0.0918. The van der Waals surface area contributed by atoms with Crippen LogP contribution in [0.25, 0.3) is 0 Å². The van der Waals surface area contributed by atoms with E-state index in [0.29, 0.717) is 6.54 Å². The number of amides is 1. The third-order valence-corrected chi connectivity index (χ3v) is 7.75. The first-order valence-electron chi connectivity index (χ1n) is 12.7. The van der Waals surface area contributed by atoms with E-state index in [9.17, 15) is 4.79 Å². The summed E-state index contributed by atoms with van der Waals surface area (Å²) in [5.74, 6) is 0.273. The molecule has 0 spiro atoms. The van der Waals surface area contributed by atoms with Gasteiger partial charge in [0.25, 0.3) is 0 Å². The number of piperidine rings is 1. The van der Waals surface area contributed by atoms with Crippen molar-refractivity contribution in [1.29, 1.82) is 0 Å². The summed E-state index contributed by atoms with van der Waals surface area (Å²) in [6, 6.07) is 25.4. The summed E-state index contributed by atoms with van der Waals surface area (Å²) in [7, 11) is 0. The lowest BCUT2D eigenvalue weighted by Crippen LogP contribution is -2.40. The number of hydrogen-bond acceptors (Lipinski definition) is 3. The zero-order valence-corrected chi connectivity index (χ0v) is 21.0. The van der Waals surface area contributed by atoms with Gasteiger partial charge in [0.05, 0.1) is 0 Å². The number of carbonyl (C=O) groups is 1. The van der Waals surface area contributed by atoms with E-state index >= 15 is 0 Å². The van der Waals surface area contributed by atoms with E-state index in [1.165, 1.54) is 22.3 Å². The van der Waals surface area contributed by atoms with Crippen LogP contribution < -0.4 is 5.32 Å². The average Bonchev–Trinajstić information content (AvgIpc) is 2.89. The van der Waals surface area contributed by atoms with Crippen LogP contribution in [0.15, 0.2) is 72.8 Å². The minimum Gasteiger partial charge on any atom is -0.352 e. The van der Waals surface area contributed by atoms with Crippen LogP contribution in [0.1, 0.15) is 40.7 Å². The first kappa shape index (κ1) is 24.1. The molecule has 5 heteroatoms. The second-order valence-corrected chi connectivity index (χ2v) is 10.3. The van der Waals surface area contributed by atoms with Crippen molar-refractivity contribution in [2.75, 3.05) is 19.6 Å². The highest BCUT2D eigenvalue weighted by Crippen LogP contribution is 2.23. The first-order chi connectivity index (χ1) is 17.1. The molecule has 0 saturated carbocycles. The van der Waals surface area contributed by atoms with E-state index in [1.54, 1.807) is 0 Å². The van der Waals surface area contributed by atoms with Crippen molar-refractivity contribution in [1.82, 2.24) is 15.1 Å². The highest BCUT2D eigenvalue weighted by molar-refractivity contribution is 6.31. The van der Waals surface area contributed by atoms with Crippen LogP contribution >= 0.6 is 11.6 Å². The van der Waals surface area contributed by atoms with Crippen LogP contribution in [0.5, 0.6) is 0 Å². The molecule has 3 aromatic rings. The zero-order valence-electron chi connectivity index (χ0n) is 20.3. The normalized spacial score (nSPS) is 17.2. The monoisotopic (exact) mass is 487 g/mol.